The zero-order chi connectivity index (χ0) is 18.6. The van der Waals surface area contributed by atoms with Crippen LogP contribution in [-0.4, -0.2) is 29.5 Å². The van der Waals surface area contributed by atoms with Crippen molar-refractivity contribution in [3.63, 3.8) is 0 Å². The maximum Gasteiger partial charge on any atom is 0.319 e. The molecule has 6 nitrogen and oxygen atoms in total. The summed E-state index contributed by atoms with van der Waals surface area (Å²) < 4.78 is 0. The number of carbonyl (C=O) groups excluding carboxylic acids is 2. The van der Waals surface area contributed by atoms with E-state index in [9.17, 15) is 9.59 Å². The molecule has 0 atom stereocenters. The molecule has 1 aliphatic carbocycles. The number of nitrogens with zero attached hydrogens (tertiary/aromatic N) is 2. The Morgan fingerprint density at radius 1 is 1.11 bits per heavy atom. The molecule has 0 saturated heterocycles. The third-order valence-corrected chi connectivity index (χ3v) is 5.33. The topological polar surface area (TPSA) is 74.3 Å². The first-order chi connectivity index (χ1) is 13.2. The van der Waals surface area contributed by atoms with Gasteiger partial charge in [0.1, 0.15) is 0 Å². The van der Waals surface area contributed by atoms with Gasteiger partial charge in [0.2, 0.25) is 0 Å². The lowest BCUT2D eigenvalue weighted by Crippen LogP contribution is -2.39. The molecule has 2 aromatic rings. The number of benzene rings is 1. The van der Waals surface area contributed by atoms with Crippen LogP contribution < -0.4 is 15.5 Å². The predicted octanol–water partition coefficient (Wildman–Crippen LogP) is 3.74. The number of anilines is 2. The van der Waals surface area contributed by atoms with Crippen LogP contribution in [0.3, 0.4) is 0 Å². The minimum Gasteiger partial charge on any atom is -0.335 e. The van der Waals surface area contributed by atoms with Gasteiger partial charge in [0.25, 0.3) is 5.91 Å². The van der Waals surface area contributed by atoms with Crippen molar-refractivity contribution in [3.05, 3.63) is 53.9 Å². The van der Waals surface area contributed by atoms with Crippen molar-refractivity contribution in [1.29, 1.82) is 0 Å². The van der Waals surface area contributed by atoms with Crippen molar-refractivity contribution >= 4 is 23.3 Å². The molecule has 140 valence electrons. The van der Waals surface area contributed by atoms with Crippen LogP contribution in [0.15, 0.2) is 42.7 Å². The monoisotopic (exact) mass is 364 g/mol. The molecule has 2 aliphatic rings. The molecule has 1 aromatic carbocycles. The van der Waals surface area contributed by atoms with Crippen LogP contribution in [-0.2, 0) is 6.42 Å². The average Bonchev–Trinajstić information content (AvgIpc) is 3.12. The number of urea groups is 1. The third kappa shape index (κ3) is 3.94. The maximum atomic E-state index is 12.8. The van der Waals surface area contributed by atoms with E-state index >= 15 is 0 Å². The summed E-state index contributed by atoms with van der Waals surface area (Å²) in [6.45, 7) is 0.640. The second-order valence-corrected chi connectivity index (χ2v) is 7.23. The number of aromatic nitrogens is 1. The van der Waals surface area contributed by atoms with E-state index in [1.807, 2.05) is 18.2 Å². The van der Waals surface area contributed by atoms with Gasteiger partial charge in [-0.15, -0.1) is 0 Å². The fraction of sp³-hybridized carbons (Fsp3) is 0.381. The summed E-state index contributed by atoms with van der Waals surface area (Å²) >= 11 is 0. The zero-order valence-electron chi connectivity index (χ0n) is 15.3. The second kappa shape index (κ2) is 7.78. The molecule has 1 fully saturated rings. The van der Waals surface area contributed by atoms with Gasteiger partial charge in [-0.25, -0.2) is 4.79 Å². The van der Waals surface area contributed by atoms with Gasteiger partial charge in [0.05, 0.1) is 5.56 Å². The normalized spacial score (nSPS) is 16.7. The number of carbonyl (C=O) groups is 2. The second-order valence-electron chi connectivity index (χ2n) is 7.23. The third-order valence-electron chi connectivity index (χ3n) is 5.33. The quantitative estimate of drug-likeness (QED) is 0.871. The fourth-order valence-corrected chi connectivity index (χ4v) is 3.91. The zero-order valence-corrected chi connectivity index (χ0v) is 15.3. The van der Waals surface area contributed by atoms with Crippen LogP contribution in [0, 0.1) is 0 Å². The van der Waals surface area contributed by atoms with Crippen LogP contribution in [0.2, 0.25) is 0 Å². The largest absolute Gasteiger partial charge is 0.335 e. The summed E-state index contributed by atoms with van der Waals surface area (Å²) in [5.41, 5.74) is 3.25. The van der Waals surface area contributed by atoms with Crippen molar-refractivity contribution in [2.24, 2.45) is 0 Å². The first-order valence-corrected chi connectivity index (χ1v) is 9.63. The molecule has 0 spiro atoms. The Morgan fingerprint density at radius 3 is 2.74 bits per heavy atom. The minimum atomic E-state index is -0.176. The number of nitrogens with one attached hydrogen (secondary N) is 2. The number of pyridine rings is 1. The molecule has 6 heteroatoms. The highest BCUT2D eigenvalue weighted by Gasteiger charge is 2.26. The smallest absolute Gasteiger partial charge is 0.319 e. The Morgan fingerprint density at radius 2 is 1.96 bits per heavy atom. The van der Waals surface area contributed by atoms with E-state index in [0.29, 0.717) is 17.8 Å². The van der Waals surface area contributed by atoms with Gasteiger partial charge in [-0.1, -0.05) is 25.3 Å². The summed E-state index contributed by atoms with van der Waals surface area (Å²) in [7, 11) is 0. The molecule has 1 aliphatic heterocycles. The highest BCUT2D eigenvalue weighted by molar-refractivity contribution is 6.07. The molecule has 1 aromatic heterocycles. The van der Waals surface area contributed by atoms with Crippen molar-refractivity contribution < 1.29 is 9.59 Å². The van der Waals surface area contributed by atoms with Crippen molar-refractivity contribution in [2.75, 3.05) is 16.8 Å². The molecule has 2 N–H and O–H groups in total. The van der Waals surface area contributed by atoms with Crippen LogP contribution in [0.25, 0.3) is 0 Å². The van der Waals surface area contributed by atoms with Gasteiger partial charge in [0, 0.05) is 36.4 Å². The summed E-state index contributed by atoms with van der Waals surface area (Å²) in [6, 6.07) is 9.39. The summed E-state index contributed by atoms with van der Waals surface area (Å²) in [6.07, 6.45) is 9.75. The molecule has 0 radical (unpaired) electrons. The van der Waals surface area contributed by atoms with Gasteiger partial charge in [0.15, 0.2) is 0 Å². The number of amides is 3. The Kier molecular flexibility index (Phi) is 5.05. The Balaban J connectivity index is 1.46. The molecule has 0 unspecified atom stereocenters. The van der Waals surface area contributed by atoms with Crippen molar-refractivity contribution in [1.82, 2.24) is 10.3 Å². The SMILES string of the molecule is O=C(Nc1ccc2c(c1)N(C(=O)c1cccnc1)CC2)NC1CCCCC1. The summed E-state index contributed by atoms with van der Waals surface area (Å²) in [5.74, 6) is -0.0642. The van der Waals surface area contributed by atoms with Gasteiger partial charge < -0.3 is 15.5 Å². The average molecular weight is 364 g/mol. The first-order valence-electron chi connectivity index (χ1n) is 9.63. The predicted molar refractivity (Wildman–Crippen MR) is 105 cm³/mol. The van der Waals surface area contributed by atoms with E-state index in [2.05, 4.69) is 15.6 Å². The van der Waals surface area contributed by atoms with Crippen LogP contribution >= 0.6 is 0 Å². The molecule has 2 heterocycles. The Hall–Kier alpha value is -2.89. The van der Waals surface area contributed by atoms with E-state index in [1.54, 1.807) is 29.4 Å². The van der Waals surface area contributed by atoms with Gasteiger partial charge in [-0.05, 0) is 49.1 Å². The number of hydrogen-bond acceptors (Lipinski definition) is 3. The van der Waals surface area contributed by atoms with E-state index in [1.165, 1.54) is 19.3 Å². The number of fused-ring (bicyclic) bond motifs is 1. The molecule has 27 heavy (non-hydrogen) atoms. The van der Waals surface area contributed by atoms with Crippen LogP contribution in [0.4, 0.5) is 16.2 Å². The van der Waals surface area contributed by atoms with Crippen LogP contribution in [0.5, 0.6) is 0 Å². The molecule has 1 saturated carbocycles. The highest BCUT2D eigenvalue weighted by atomic mass is 16.2. The highest BCUT2D eigenvalue weighted by Crippen LogP contribution is 2.32. The van der Waals surface area contributed by atoms with Gasteiger partial charge in [-0.3, -0.25) is 9.78 Å². The van der Waals surface area contributed by atoms with E-state index < -0.39 is 0 Å². The maximum absolute atomic E-state index is 12.8. The van der Waals surface area contributed by atoms with E-state index in [0.717, 1.165) is 30.5 Å². The van der Waals surface area contributed by atoms with E-state index in [4.69, 9.17) is 0 Å². The summed E-state index contributed by atoms with van der Waals surface area (Å²) in [5, 5.41) is 5.97. The van der Waals surface area contributed by atoms with Gasteiger partial charge in [-0.2, -0.15) is 0 Å². The Labute approximate surface area is 159 Å². The molecule has 3 amide bonds. The Bertz CT molecular complexity index is 831. The lowest BCUT2D eigenvalue weighted by molar-refractivity contribution is 0.0989. The van der Waals surface area contributed by atoms with Crippen molar-refractivity contribution in [2.45, 2.75) is 44.6 Å². The molecular weight excluding hydrogens is 340 g/mol. The molecule has 4 rings (SSSR count). The summed E-state index contributed by atoms with van der Waals surface area (Å²) in [4.78, 5) is 30.9. The van der Waals surface area contributed by atoms with Gasteiger partial charge >= 0.3 is 6.03 Å². The van der Waals surface area contributed by atoms with E-state index in [-0.39, 0.29) is 18.0 Å². The standard InChI is InChI=1S/C21H24N4O2/c26-20(16-5-4-11-22-14-16)25-12-10-15-8-9-18(13-19(15)25)24-21(27)23-17-6-2-1-3-7-17/h4-5,8-9,11,13-14,17H,1-3,6-7,10,12H2,(H2,23,24,27). The lowest BCUT2D eigenvalue weighted by Gasteiger charge is -2.23. The first kappa shape index (κ1) is 17.5. The molecular formula is C21H24N4O2. The minimum absolute atomic E-state index is 0.0642. The molecule has 0 bridgehead atoms. The van der Waals surface area contributed by atoms with Crippen LogP contribution in [0.1, 0.15) is 48.0 Å². The lowest BCUT2D eigenvalue weighted by atomic mass is 9.96. The fourth-order valence-electron chi connectivity index (χ4n) is 3.91. The van der Waals surface area contributed by atoms with Crippen molar-refractivity contribution in [3.8, 4) is 0 Å². The number of hydrogen-bond donors (Lipinski definition) is 2. The number of rotatable bonds is 3.